The summed E-state index contributed by atoms with van der Waals surface area (Å²) in [5.41, 5.74) is 7.04. The van der Waals surface area contributed by atoms with Gasteiger partial charge in [-0.1, -0.05) is 30.3 Å². The Hall–Kier alpha value is -2.14. The number of anilines is 1. The highest BCUT2D eigenvalue weighted by Crippen LogP contribution is 2.25. The second-order valence-corrected chi connectivity index (χ2v) is 5.62. The smallest absolute Gasteiger partial charge is 0.229 e. The molecular weight excluding hydrogens is 264 g/mol. The maximum absolute atomic E-state index is 12.2. The maximum atomic E-state index is 12.2. The lowest BCUT2D eigenvalue weighted by atomic mass is 10.1. The third-order valence-electron chi connectivity index (χ3n) is 3.99. The molecule has 2 unspecified atom stereocenters. The Labute approximate surface area is 124 Å². The predicted molar refractivity (Wildman–Crippen MR) is 81.7 cm³/mol. The Morgan fingerprint density at radius 2 is 2.14 bits per heavy atom. The van der Waals surface area contributed by atoms with E-state index in [1.165, 1.54) is 5.56 Å². The lowest BCUT2D eigenvalue weighted by Crippen LogP contribution is -2.24. The minimum atomic E-state index is 0.0156. The number of benzene rings is 1. The molecule has 1 aliphatic carbocycles. The van der Waals surface area contributed by atoms with Crippen molar-refractivity contribution in [2.24, 2.45) is 11.7 Å². The van der Waals surface area contributed by atoms with Gasteiger partial charge in [-0.25, -0.2) is 4.98 Å². The van der Waals surface area contributed by atoms with Crippen LogP contribution in [0.25, 0.3) is 0 Å². The van der Waals surface area contributed by atoms with E-state index in [9.17, 15) is 4.79 Å². The van der Waals surface area contributed by atoms with Gasteiger partial charge >= 0.3 is 0 Å². The Morgan fingerprint density at radius 3 is 2.86 bits per heavy atom. The summed E-state index contributed by atoms with van der Waals surface area (Å²) in [6.45, 7) is 0.695. The van der Waals surface area contributed by atoms with Crippen LogP contribution in [-0.4, -0.2) is 21.5 Å². The van der Waals surface area contributed by atoms with Crippen molar-refractivity contribution in [3.8, 4) is 0 Å². The quantitative estimate of drug-likeness (QED) is 0.902. The summed E-state index contributed by atoms with van der Waals surface area (Å²) in [6.07, 6.45) is 6.15. The van der Waals surface area contributed by atoms with Gasteiger partial charge in [0.05, 0.1) is 6.54 Å². The van der Waals surface area contributed by atoms with Gasteiger partial charge < -0.3 is 10.3 Å². The molecule has 1 amide bonds. The zero-order chi connectivity index (χ0) is 14.7. The van der Waals surface area contributed by atoms with Crippen molar-refractivity contribution in [3.05, 3.63) is 48.3 Å². The van der Waals surface area contributed by atoms with Gasteiger partial charge in [0.1, 0.15) is 0 Å². The van der Waals surface area contributed by atoms with Crippen molar-refractivity contribution in [1.82, 2.24) is 9.55 Å². The second kappa shape index (κ2) is 6.10. The van der Waals surface area contributed by atoms with Gasteiger partial charge in [-0.2, -0.15) is 0 Å². The predicted octanol–water partition coefficient (Wildman–Crippen LogP) is 2.00. The molecule has 1 aromatic carbocycles. The number of hydrogen-bond acceptors (Lipinski definition) is 3. The van der Waals surface area contributed by atoms with Gasteiger partial charge in [-0.15, -0.1) is 0 Å². The Balaban J connectivity index is 1.67. The first kappa shape index (κ1) is 13.8. The highest BCUT2D eigenvalue weighted by Gasteiger charge is 2.28. The summed E-state index contributed by atoms with van der Waals surface area (Å²) in [7, 11) is 0. The SMILES string of the molecule is NC1CCC(C(=O)Nc2nccn2Cc2ccccc2)C1. The van der Waals surface area contributed by atoms with Crippen molar-refractivity contribution in [2.75, 3.05) is 5.32 Å². The highest BCUT2D eigenvalue weighted by atomic mass is 16.2. The van der Waals surface area contributed by atoms with Crippen LogP contribution in [0.5, 0.6) is 0 Å². The van der Waals surface area contributed by atoms with Crippen molar-refractivity contribution in [3.63, 3.8) is 0 Å². The molecule has 1 aliphatic rings. The molecule has 2 aromatic rings. The molecule has 2 atom stereocenters. The van der Waals surface area contributed by atoms with E-state index in [-0.39, 0.29) is 17.9 Å². The molecule has 1 saturated carbocycles. The number of imidazole rings is 1. The molecule has 3 rings (SSSR count). The van der Waals surface area contributed by atoms with Gasteiger partial charge in [0.15, 0.2) is 0 Å². The summed E-state index contributed by atoms with van der Waals surface area (Å²) < 4.78 is 1.95. The first-order chi connectivity index (χ1) is 10.2. The third-order valence-corrected chi connectivity index (χ3v) is 3.99. The molecule has 0 radical (unpaired) electrons. The summed E-state index contributed by atoms with van der Waals surface area (Å²) >= 11 is 0. The first-order valence-electron chi connectivity index (χ1n) is 7.34. The molecule has 5 nitrogen and oxygen atoms in total. The minimum absolute atomic E-state index is 0.0156. The zero-order valence-electron chi connectivity index (χ0n) is 11.9. The van der Waals surface area contributed by atoms with E-state index in [1.54, 1.807) is 6.20 Å². The molecule has 1 fully saturated rings. The monoisotopic (exact) mass is 284 g/mol. The normalized spacial score (nSPS) is 21.4. The van der Waals surface area contributed by atoms with E-state index in [0.717, 1.165) is 19.3 Å². The molecule has 5 heteroatoms. The molecule has 1 aromatic heterocycles. The largest absolute Gasteiger partial charge is 0.328 e. The van der Waals surface area contributed by atoms with Crippen LogP contribution in [0.1, 0.15) is 24.8 Å². The fourth-order valence-corrected chi connectivity index (χ4v) is 2.81. The summed E-state index contributed by atoms with van der Waals surface area (Å²) in [5, 5.41) is 2.93. The van der Waals surface area contributed by atoms with Gasteiger partial charge in [-0.3, -0.25) is 10.1 Å². The number of rotatable bonds is 4. The Kier molecular flexibility index (Phi) is 4.01. The molecule has 0 spiro atoms. The Morgan fingerprint density at radius 1 is 1.33 bits per heavy atom. The molecule has 0 aliphatic heterocycles. The molecular formula is C16H20N4O. The fraction of sp³-hybridized carbons (Fsp3) is 0.375. The van der Waals surface area contributed by atoms with E-state index in [2.05, 4.69) is 22.4 Å². The van der Waals surface area contributed by atoms with Crippen LogP contribution in [-0.2, 0) is 11.3 Å². The van der Waals surface area contributed by atoms with E-state index >= 15 is 0 Å². The van der Waals surface area contributed by atoms with Crippen LogP contribution < -0.4 is 11.1 Å². The van der Waals surface area contributed by atoms with Crippen LogP contribution in [0.4, 0.5) is 5.95 Å². The first-order valence-corrected chi connectivity index (χ1v) is 7.34. The summed E-state index contributed by atoms with van der Waals surface area (Å²) in [6, 6.07) is 10.3. The third kappa shape index (κ3) is 3.31. The number of hydrogen-bond donors (Lipinski definition) is 2. The number of nitrogens with zero attached hydrogens (tertiary/aromatic N) is 2. The zero-order valence-corrected chi connectivity index (χ0v) is 11.9. The fourth-order valence-electron chi connectivity index (χ4n) is 2.81. The molecule has 1 heterocycles. The van der Waals surface area contributed by atoms with Crippen LogP contribution in [0.15, 0.2) is 42.7 Å². The number of nitrogens with two attached hydrogens (primary N) is 1. The van der Waals surface area contributed by atoms with E-state index in [1.807, 2.05) is 29.0 Å². The van der Waals surface area contributed by atoms with Crippen molar-refractivity contribution in [1.29, 1.82) is 0 Å². The van der Waals surface area contributed by atoms with Gasteiger partial charge in [0, 0.05) is 24.4 Å². The van der Waals surface area contributed by atoms with E-state index in [0.29, 0.717) is 12.5 Å². The number of nitrogens with one attached hydrogen (secondary N) is 1. The van der Waals surface area contributed by atoms with Crippen LogP contribution in [0.2, 0.25) is 0 Å². The average molecular weight is 284 g/mol. The highest BCUT2D eigenvalue weighted by molar-refractivity contribution is 5.91. The molecule has 0 bridgehead atoms. The summed E-state index contributed by atoms with van der Waals surface area (Å²) in [5.74, 6) is 0.648. The van der Waals surface area contributed by atoms with Crippen LogP contribution in [0.3, 0.4) is 0 Å². The van der Waals surface area contributed by atoms with Crippen molar-refractivity contribution >= 4 is 11.9 Å². The standard InChI is InChI=1S/C16H20N4O/c17-14-7-6-13(10-14)15(21)19-16-18-8-9-20(16)11-12-4-2-1-3-5-12/h1-5,8-9,13-14H,6-7,10-11,17H2,(H,18,19,21). The van der Waals surface area contributed by atoms with E-state index < -0.39 is 0 Å². The van der Waals surface area contributed by atoms with Gasteiger partial charge in [0.25, 0.3) is 0 Å². The molecule has 0 saturated heterocycles. The average Bonchev–Trinajstić information content (AvgIpc) is 3.10. The van der Waals surface area contributed by atoms with Gasteiger partial charge in [-0.05, 0) is 24.8 Å². The Bertz CT molecular complexity index is 608. The summed E-state index contributed by atoms with van der Waals surface area (Å²) in [4.78, 5) is 16.5. The second-order valence-electron chi connectivity index (χ2n) is 5.62. The minimum Gasteiger partial charge on any atom is -0.328 e. The lowest BCUT2D eigenvalue weighted by molar-refractivity contribution is -0.119. The van der Waals surface area contributed by atoms with Crippen molar-refractivity contribution < 1.29 is 4.79 Å². The lowest BCUT2D eigenvalue weighted by Gasteiger charge is -2.12. The number of aromatic nitrogens is 2. The van der Waals surface area contributed by atoms with Crippen LogP contribution in [0, 0.1) is 5.92 Å². The number of carbonyl (C=O) groups is 1. The molecule has 21 heavy (non-hydrogen) atoms. The van der Waals surface area contributed by atoms with Crippen LogP contribution >= 0.6 is 0 Å². The molecule has 3 N–H and O–H groups in total. The topological polar surface area (TPSA) is 72.9 Å². The number of carbonyl (C=O) groups excluding carboxylic acids is 1. The molecule has 110 valence electrons. The van der Waals surface area contributed by atoms with Gasteiger partial charge in [0.2, 0.25) is 11.9 Å². The number of amides is 1. The van der Waals surface area contributed by atoms with Crippen molar-refractivity contribution in [2.45, 2.75) is 31.8 Å². The maximum Gasteiger partial charge on any atom is 0.229 e. The van der Waals surface area contributed by atoms with E-state index in [4.69, 9.17) is 5.73 Å².